The Morgan fingerprint density at radius 1 is 0.950 bits per heavy atom. The van der Waals surface area contributed by atoms with Gasteiger partial charge in [-0.15, -0.1) is 0 Å². The second-order valence-corrected chi connectivity index (χ2v) is 11.9. The van der Waals surface area contributed by atoms with Gasteiger partial charge in [-0.1, -0.05) is 61.0 Å². The van der Waals surface area contributed by atoms with Crippen LogP contribution in [0, 0.1) is 5.82 Å². The van der Waals surface area contributed by atoms with Gasteiger partial charge in [-0.3, -0.25) is 9.59 Å². The number of nitrogens with one attached hydrogen (secondary N) is 1. The Morgan fingerprint density at radius 2 is 1.60 bits per heavy atom. The van der Waals surface area contributed by atoms with Crippen molar-refractivity contribution in [3.8, 4) is 0 Å². The Bertz CT molecular complexity index is 1390. The molecular weight excluding hydrogens is 555 g/mol. The molecule has 214 valence electrons. The molecule has 3 aromatic carbocycles. The second kappa shape index (κ2) is 14.2. The zero-order valence-corrected chi connectivity index (χ0v) is 24.3. The fraction of sp³-hybridized carbons (Fsp3) is 0.310. The Labute approximate surface area is 240 Å². The van der Waals surface area contributed by atoms with Crippen molar-refractivity contribution in [2.45, 2.75) is 32.4 Å². The molecular formula is C29H34ClFN4O4S. The van der Waals surface area contributed by atoms with Crippen LogP contribution >= 0.6 is 11.6 Å². The predicted molar refractivity (Wildman–Crippen MR) is 156 cm³/mol. The molecule has 1 N–H and O–H groups in total. The van der Waals surface area contributed by atoms with E-state index in [1.807, 2.05) is 37.3 Å². The molecule has 0 aliphatic heterocycles. The first kappa shape index (κ1) is 31.1. The van der Waals surface area contributed by atoms with E-state index in [0.717, 1.165) is 26.3 Å². The van der Waals surface area contributed by atoms with Crippen molar-refractivity contribution in [2.75, 3.05) is 31.5 Å². The zero-order valence-electron chi connectivity index (χ0n) is 22.8. The number of benzene rings is 3. The van der Waals surface area contributed by atoms with Gasteiger partial charge in [-0.2, -0.15) is 12.7 Å². The summed E-state index contributed by atoms with van der Waals surface area (Å²) in [4.78, 5) is 29.0. The average molecular weight is 589 g/mol. The topological polar surface area (TPSA) is 90.0 Å². The van der Waals surface area contributed by atoms with Crippen molar-refractivity contribution in [2.24, 2.45) is 0 Å². The highest BCUT2D eigenvalue weighted by molar-refractivity contribution is 7.90. The Morgan fingerprint density at radius 3 is 2.20 bits per heavy atom. The molecule has 0 saturated carbocycles. The molecule has 0 aliphatic rings. The van der Waals surface area contributed by atoms with Crippen LogP contribution in [-0.4, -0.2) is 62.7 Å². The number of hydrogen-bond donors (Lipinski definition) is 1. The minimum Gasteiger partial charge on any atom is -0.354 e. The van der Waals surface area contributed by atoms with Gasteiger partial charge >= 0.3 is 10.2 Å². The molecule has 8 nitrogen and oxygen atoms in total. The highest BCUT2D eigenvalue weighted by Gasteiger charge is 2.34. The number of carbonyl (C=O) groups is 2. The average Bonchev–Trinajstić information content (AvgIpc) is 2.93. The van der Waals surface area contributed by atoms with Crippen LogP contribution < -0.4 is 9.62 Å². The maximum Gasteiger partial charge on any atom is 0.304 e. The molecule has 3 rings (SSSR count). The summed E-state index contributed by atoms with van der Waals surface area (Å²) in [7, 11) is -1.47. The van der Waals surface area contributed by atoms with Gasteiger partial charge in [0.2, 0.25) is 11.8 Å². The molecule has 2 amide bonds. The summed E-state index contributed by atoms with van der Waals surface area (Å²) in [6.45, 7) is 1.74. The van der Waals surface area contributed by atoms with Crippen LogP contribution in [0.15, 0.2) is 78.9 Å². The van der Waals surface area contributed by atoms with E-state index in [4.69, 9.17) is 11.6 Å². The summed E-state index contributed by atoms with van der Waals surface area (Å²) in [5.74, 6) is -1.51. The summed E-state index contributed by atoms with van der Waals surface area (Å²) in [5, 5.41) is 3.35. The van der Waals surface area contributed by atoms with E-state index in [9.17, 15) is 22.4 Å². The zero-order chi connectivity index (χ0) is 29.3. The molecule has 40 heavy (non-hydrogen) atoms. The summed E-state index contributed by atoms with van der Waals surface area (Å²) in [6, 6.07) is 20.1. The third-order valence-corrected chi connectivity index (χ3v) is 8.25. The SMILES string of the molecule is CCCNC(=O)C(Cc1ccccc1)N(Cc1cccc(Cl)c1)C(=O)CN(c1ccc(F)cc1)S(=O)(=O)N(C)C. The maximum atomic E-state index is 14.1. The molecule has 0 saturated heterocycles. The van der Waals surface area contributed by atoms with Crippen LogP contribution in [0.1, 0.15) is 24.5 Å². The van der Waals surface area contributed by atoms with Crippen molar-refractivity contribution in [3.63, 3.8) is 0 Å². The minimum absolute atomic E-state index is 0.00963. The van der Waals surface area contributed by atoms with Crippen LogP contribution in [0.2, 0.25) is 5.02 Å². The lowest BCUT2D eigenvalue weighted by molar-refractivity contribution is -0.140. The van der Waals surface area contributed by atoms with E-state index in [-0.39, 0.29) is 24.6 Å². The van der Waals surface area contributed by atoms with Gasteiger partial charge in [0.25, 0.3) is 0 Å². The van der Waals surface area contributed by atoms with Crippen molar-refractivity contribution < 1.29 is 22.4 Å². The normalized spacial score (nSPS) is 12.2. The van der Waals surface area contributed by atoms with Crippen LogP contribution in [0.5, 0.6) is 0 Å². The Balaban J connectivity index is 2.07. The van der Waals surface area contributed by atoms with Crippen LogP contribution in [0.4, 0.5) is 10.1 Å². The number of amides is 2. The monoisotopic (exact) mass is 588 g/mol. The molecule has 3 aromatic rings. The smallest absolute Gasteiger partial charge is 0.304 e. The first-order chi connectivity index (χ1) is 19.0. The van der Waals surface area contributed by atoms with E-state index in [0.29, 0.717) is 23.6 Å². The number of halogens is 2. The summed E-state index contributed by atoms with van der Waals surface area (Å²) >= 11 is 6.21. The molecule has 1 unspecified atom stereocenters. The summed E-state index contributed by atoms with van der Waals surface area (Å²) in [6.07, 6.45) is 0.908. The van der Waals surface area contributed by atoms with Crippen molar-refractivity contribution in [3.05, 3.63) is 101 Å². The number of rotatable bonds is 13. The van der Waals surface area contributed by atoms with Gasteiger partial charge in [0, 0.05) is 38.6 Å². The van der Waals surface area contributed by atoms with Gasteiger partial charge in [0.15, 0.2) is 0 Å². The van der Waals surface area contributed by atoms with Crippen LogP contribution in [-0.2, 0) is 32.8 Å². The highest BCUT2D eigenvalue weighted by Crippen LogP contribution is 2.23. The molecule has 0 aliphatic carbocycles. The summed E-state index contributed by atoms with van der Waals surface area (Å²) in [5.41, 5.74) is 1.62. The quantitative estimate of drug-likeness (QED) is 0.323. The lowest BCUT2D eigenvalue weighted by Gasteiger charge is -2.34. The van der Waals surface area contributed by atoms with Gasteiger partial charge in [-0.25, -0.2) is 8.70 Å². The maximum absolute atomic E-state index is 14.1. The largest absolute Gasteiger partial charge is 0.354 e. The van der Waals surface area contributed by atoms with Gasteiger partial charge in [-0.05, 0) is 53.9 Å². The number of anilines is 1. The van der Waals surface area contributed by atoms with E-state index >= 15 is 0 Å². The van der Waals surface area contributed by atoms with Gasteiger partial charge in [0.1, 0.15) is 18.4 Å². The summed E-state index contributed by atoms with van der Waals surface area (Å²) < 4.78 is 42.2. The minimum atomic E-state index is -4.16. The molecule has 0 aromatic heterocycles. The van der Waals surface area contributed by atoms with Crippen molar-refractivity contribution >= 4 is 39.3 Å². The molecule has 11 heteroatoms. The van der Waals surface area contributed by atoms with Crippen LogP contribution in [0.25, 0.3) is 0 Å². The highest BCUT2D eigenvalue weighted by atomic mass is 35.5. The first-order valence-corrected chi connectivity index (χ1v) is 14.6. The second-order valence-electron chi connectivity index (χ2n) is 9.42. The van der Waals surface area contributed by atoms with Gasteiger partial charge in [0.05, 0.1) is 5.69 Å². The Hall–Kier alpha value is -3.47. The van der Waals surface area contributed by atoms with E-state index in [1.54, 1.807) is 24.3 Å². The third-order valence-electron chi connectivity index (χ3n) is 6.20. The molecule has 0 radical (unpaired) electrons. The predicted octanol–water partition coefficient (Wildman–Crippen LogP) is 4.26. The Kier molecular flexibility index (Phi) is 11.1. The number of carbonyl (C=O) groups excluding carboxylic acids is 2. The van der Waals surface area contributed by atoms with E-state index < -0.39 is 34.5 Å². The fourth-order valence-electron chi connectivity index (χ4n) is 4.08. The molecule has 0 spiro atoms. The molecule has 0 heterocycles. The lowest BCUT2D eigenvalue weighted by atomic mass is 10.0. The van der Waals surface area contributed by atoms with Gasteiger partial charge < -0.3 is 10.2 Å². The molecule has 0 fully saturated rings. The van der Waals surface area contributed by atoms with E-state index in [1.165, 1.54) is 31.1 Å². The fourth-order valence-corrected chi connectivity index (χ4v) is 5.35. The third kappa shape index (κ3) is 8.27. The first-order valence-electron chi connectivity index (χ1n) is 12.8. The van der Waals surface area contributed by atoms with Crippen molar-refractivity contribution in [1.82, 2.24) is 14.5 Å². The number of nitrogens with zero attached hydrogens (tertiary/aromatic N) is 3. The van der Waals surface area contributed by atoms with E-state index in [2.05, 4.69) is 5.32 Å². The number of hydrogen-bond acceptors (Lipinski definition) is 4. The van der Waals surface area contributed by atoms with Crippen LogP contribution in [0.3, 0.4) is 0 Å². The van der Waals surface area contributed by atoms with Crippen molar-refractivity contribution in [1.29, 1.82) is 0 Å². The molecule has 1 atom stereocenters. The lowest BCUT2D eigenvalue weighted by Crippen LogP contribution is -2.54. The standard InChI is InChI=1S/C29H34ClFN4O4S/c1-4-17-32-29(37)27(19-22-9-6-5-7-10-22)34(20-23-11-8-12-24(30)18-23)28(36)21-35(40(38,39)33(2)3)26-15-13-25(31)14-16-26/h5-16,18,27H,4,17,19-21H2,1-3H3,(H,32,37). The molecule has 0 bridgehead atoms.